The van der Waals surface area contributed by atoms with Gasteiger partial charge in [-0.05, 0) is 32.0 Å². The molecule has 2 fully saturated rings. The fourth-order valence-corrected chi connectivity index (χ4v) is 3.44. The number of carbonyl (C=O) groups excluding carboxylic acids is 1. The number of nitro groups is 1. The monoisotopic (exact) mass is 338 g/mol. The van der Waals surface area contributed by atoms with E-state index < -0.39 is 4.92 Å². The SMILES string of the molecule is O=Cc1cc([N+](=O)[O-])c(NC2CN(C3CCNCC3)C2)cc1Cl. The molecule has 2 saturated heterocycles. The van der Waals surface area contributed by atoms with E-state index in [2.05, 4.69) is 15.5 Å². The predicted molar refractivity (Wildman–Crippen MR) is 88.4 cm³/mol. The second kappa shape index (κ2) is 6.82. The van der Waals surface area contributed by atoms with Crippen molar-refractivity contribution < 1.29 is 9.72 Å². The highest BCUT2D eigenvalue weighted by molar-refractivity contribution is 6.33. The highest BCUT2D eigenvalue weighted by atomic mass is 35.5. The fraction of sp³-hybridized carbons (Fsp3) is 0.533. The largest absolute Gasteiger partial charge is 0.374 e. The van der Waals surface area contributed by atoms with Crippen LogP contribution >= 0.6 is 11.6 Å². The zero-order chi connectivity index (χ0) is 16.4. The standard InChI is InChI=1S/C15H19ClN4O3/c16-13-6-14(15(20(22)23)5-10(13)9-21)18-11-7-19(8-11)12-1-3-17-4-2-12/h5-6,9,11-12,17-18H,1-4,7-8H2. The number of likely N-dealkylation sites (tertiary alicyclic amines) is 1. The topological polar surface area (TPSA) is 87.5 Å². The number of hydrogen-bond acceptors (Lipinski definition) is 6. The third-order valence-corrected chi connectivity index (χ3v) is 4.86. The van der Waals surface area contributed by atoms with Crippen LogP contribution in [0.4, 0.5) is 11.4 Å². The molecule has 23 heavy (non-hydrogen) atoms. The van der Waals surface area contributed by atoms with Gasteiger partial charge in [0, 0.05) is 30.8 Å². The van der Waals surface area contributed by atoms with Crippen molar-refractivity contribution in [2.45, 2.75) is 24.9 Å². The van der Waals surface area contributed by atoms with Gasteiger partial charge in [0.15, 0.2) is 6.29 Å². The van der Waals surface area contributed by atoms with Crippen molar-refractivity contribution in [3.05, 3.63) is 32.8 Å². The van der Waals surface area contributed by atoms with Gasteiger partial charge in [0.05, 0.1) is 16.0 Å². The molecule has 0 atom stereocenters. The summed E-state index contributed by atoms with van der Waals surface area (Å²) in [6.45, 7) is 3.84. The minimum Gasteiger partial charge on any atom is -0.374 e. The first-order chi connectivity index (χ1) is 11.1. The lowest BCUT2D eigenvalue weighted by atomic mass is 9.98. The number of nitrogens with zero attached hydrogens (tertiary/aromatic N) is 2. The summed E-state index contributed by atoms with van der Waals surface area (Å²) < 4.78 is 0. The maximum atomic E-state index is 11.2. The molecule has 0 amide bonds. The van der Waals surface area contributed by atoms with Crippen LogP contribution in [-0.4, -0.2) is 54.4 Å². The minimum atomic E-state index is -0.491. The van der Waals surface area contributed by atoms with Crippen molar-refractivity contribution in [2.75, 3.05) is 31.5 Å². The Balaban J connectivity index is 1.65. The first-order valence-electron chi connectivity index (χ1n) is 7.73. The van der Waals surface area contributed by atoms with E-state index in [4.69, 9.17) is 11.6 Å². The Kier molecular flexibility index (Phi) is 4.79. The van der Waals surface area contributed by atoms with Gasteiger partial charge >= 0.3 is 0 Å². The molecule has 0 radical (unpaired) electrons. The van der Waals surface area contributed by atoms with Crippen molar-refractivity contribution >= 4 is 29.3 Å². The Morgan fingerprint density at radius 3 is 2.65 bits per heavy atom. The van der Waals surface area contributed by atoms with Crippen molar-refractivity contribution in [3.8, 4) is 0 Å². The van der Waals surface area contributed by atoms with E-state index in [0.717, 1.165) is 39.0 Å². The van der Waals surface area contributed by atoms with Crippen LogP contribution in [0.3, 0.4) is 0 Å². The van der Waals surface area contributed by atoms with Crippen molar-refractivity contribution in [1.29, 1.82) is 0 Å². The Labute approximate surface area is 139 Å². The van der Waals surface area contributed by atoms with E-state index >= 15 is 0 Å². The van der Waals surface area contributed by atoms with Gasteiger partial charge in [-0.3, -0.25) is 19.8 Å². The Morgan fingerprint density at radius 1 is 1.35 bits per heavy atom. The zero-order valence-electron chi connectivity index (χ0n) is 12.6. The minimum absolute atomic E-state index is 0.114. The highest BCUT2D eigenvalue weighted by Gasteiger charge is 2.34. The van der Waals surface area contributed by atoms with Crippen LogP contribution in [0, 0.1) is 10.1 Å². The number of aldehydes is 1. The molecule has 2 aliphatic heterocycles. The van der Waals surface area contributed by atoms with E-state index in [0.29, 0.717) is 18.0 Å². The van der Waals surface area contributed by atoms with E-state index in [1.807, 2.05) is 0 Å². The maximum absolute atomic E-state index is 11.2. The molecule has 2 heterocycles. The van der Waals surface area contributed by atoms with Crippen molar-refractivity contribution in [1.82, 2.24) is 10.2 Å². The molecule has 7 nitrogen and oxygen atoms in total. The predicted octanol–water partition coefficient (Wildman–Crippen LogP) is 1.91. The number of carbonyl (C=O) groups is 1. The number of nitrogens with one attached hydrogen (secondary N) is 2. The Hall–Kier alpha value is -1.70. The average Bonchev–Trinajstić information content (AvgIpc) is 2.51. The number of nitro benzene ring substituents is 1. The molecule has 0 bridgehead atoms. The van der Waals surface area contributed by atoms with Gasteiger partial charge < -0.3 is 10.6 Å². The lowest BCUT2D eigenvalue weighted by Gasteiger charge is -2.46. The third kappa shape index (κ3) is 3.46. The number of rotatable bonds is 5. The summed E-state index contributed by atoms with van der Waals surface area (Å²) in [4.78, 5) is 24.0. The van der Waals surface area contributed by atoms with Gasteiger partial charge in [0.1, 0.15) is 5.69 Å². The number of piperidine rings is 1. The number of halogens is 1. The van der Waals surface area contributed by atoms with Crippen LogP contribution in [0.2, 0.25) is 5.02 Å². The summed E-state index contributed by atoms with van der Waals surface area (Å²) in [7, 11) is 0. The Bertz CT molecular complexity index is 613. The van der Waals surface area contributed by atoms with Crippen LogP contribution in [0.15, 0.2) is 12.1 Å². The number of benzene rings is 1. The molecular weight excluding hydrogens is 320 g/mol. The highest BCUT2D eigenvalue weighted by Crippen LogP contribution is 2.32. The second-order valence-electron chi connectivity index (χ2n) is 6.04. The molecule has 0 spiro atoms. The first-order valence-corrected chi connectivity index (χ1v) is 8.10. The van der Waals surface area contributed by atoms with Crippen molar-refractivity contribution in [3.63, 3.8) is 0 Å². The molecule has 8 heteroatoms. The molecule has 2 aliphatic rings. The van der Waals surface area contributed by atoms with Gasteiger partial charge in [-0.15, -0.1) is 0 Å². The molecule has 0 aromatic heterocycles. The Morgan fingerprint density at radius 2 is 2.04 bits per heavy atom. The molecule has 0 aliphatic carbocycles. The van der Waals surface area contributed by atoms with Crippen LogP contribution in [0.25, 0.3) is 0 Å². The summed E-state index contributed by atoms with van der Waals surface area (Å²) >= 11 is 5.99. The molecule has 0 saturated carbocycles. The smallest absolute Gasteiger partial charge is 0.293 e. The molecule has 3 rings (SSSR count). The summed E-state index contributed by atoms with van der Waals surface area (Å²) in [6.07, 6.45) is 2.82. The van der Waals surface area contributed by atoms with Gasteiger partial charge in [-0.25, -0.2) is 0 Å². The fourth-order valence-electron chi connectivity index (χ4n) is 3.23. The van der Waals surface area contributed by atoms with E-state index in [1.54, 1.807) is 0 Å². The average molecular weight is 339 g/mol. The lowest BCUT2D eigenvalue weighted by Crippen LogP contribution is -2.60. The van der Waals surface area contributed by atoms with Gasteiger partial charge in [0.2, 0.25) is 0 Å². The number of anilines is 1. The number of hydrogen-bond donors (Lipinski definition) is 2. The van der Waals surface area contributed by atoms with E-state index in [-0.39, 0.29) is 22.3 Å². The van der Waals surface area contributed by atoms with Crippen LogP contribution in [0.5, 0.6) is 0 Å². The van der Waals surface area contributed by atoms with Gasteiger partial charge in [-0.1, -0.05) is 11.6 Å². The van der Waals surface area contributed by atoms with Gasteiger partial charge in [0.25, 0.3) is 5.69 Å². The maximum Gasteiger partial charge on any atom is 0.293 e. The summed E-state index contributed by atoms with van der Waals surface area (Å²) in [5.74, 6) is 0. The van der Waals surface area contributed by atoms with Crippen LogP contribution in [0.1, 0.15) is 23.2 Å². The quantitative estimate of drug-likeness (QED) is 0.484. The molecular formula is C15H19ClN4O3. The third-order valence-electron chi connectivity index (χ3n) is 4.53. The molecule has 2 N–H and O–H groups in total. The summed E-state index contributed by atoms with van der Waals surface area (Å²) in [5.41, 5.74) is 0.395. The normalized spacial score (nSPS) is 20.0. The molecule has 1 aromatic carbocycles. The summed E-state index contributed by atoms with van der Waals surface area (Å²) in [5, 5.41) is 18.0. The van der Waals surface area contributed by atoms with Crippen LogP contribution in [-0.2, 0) is 0 Å². The van der Waals surface area contributed by atoms with E-state index in [9.17, 15) is 14.9 Å². The van der Waals surface area contributed by atoms with E-state index in [1.165, 1.54) is 12.1 Å². The van der Waals surface area contributed by atoms with Crippen molar-refractivity contribution in [2.24, 2.45) is 0 Å². The molecule has 1 aromatic rings. The van der Waals surface area contributed by atoms with Crippen LogP contribution < -0.4 is 10.6 Å². The zero-order valence-corrected chi connectivity index (χ0v) is 13.4. The first kappa shape index (κ1) is 16.2. The summed E-state index contributed by atoms with van der Waals surface area (Å²) in [6, 6.07) is 3.46. The molecule has 124 valence electrons. The lowest BCUT2D eigenvalue weighted by molar-refractivity contribution is -0.384. The molecule has 0 unspecified atom stereocenters. The second-order valence-corrected chi connectivity index (χ2v) is 6.45. The van der Waals surface area contributed by atoms with Gasteiger partial charge in [-0.2, -0.15) is 0 Å².